The first-order chi connectivity index (χ1) is 4.63. The van der Waals surface area contributed by atoms with E-state index in [9.17, 15) is 9.59 Å². The third-order valence-electron chi connectivity index (χ3n) is 0.877. The highest BCUT2D eigenvalue weighted by Crippen LogP contribution is 1.90. The summed E-state index contributed by atoms with van der Waals surface area (Å²) in [4.78, 5) is 20.2. The molecule has 0 aliphatic rings. The maximum absolute atomic E-state index is 10.3. The van der Waals surface area contributed by atoms with Gasteiger partial charge in [-0.15, -0.1) is 0 Å². The fourth-order valence-corrected chi connectivity index (χ4v) is 0.456. The molecule has 1 N–H and O–H groups in total. The van der Waals surface area contributed by atoms with Crippen molar-refractivity contribution in [2.75, 3.05) is 0 Å². The molecule has 0 bridgehead atoms. The van der Waals surface area contributed by atoms with Gasteiger partial charge in [0, 0.05) is 6.42 Å². The molecule has 0 spiro atoms. The van der Waals surface area contributed by atoms with Crippen LogP contribution in [0.2, 0.25) is 0 Å². The highest BCUT2D eigenvalue weighted by molar-refractivity contribution is 5.87. The smallest absolute Gasteiger partial charge is 0.303 e. The van der Waals surface area contributed by atoms with Crippen LogP contribution in [0.15, 0.2) is 12.2 Å². The maximum atomic E-state index is 10.3. The van der Waals surface area contributed by atoms with Crippen molar-refractivity contribution in [3.8, 4) is 0 Å². The number of carbonyl (C=O) groups excluding carboxylic acids is 1. The number of hydrogen-bond acceptors (Lipinski definition) is 2. The van der Waals surface area contributed by atoms with Crippen LogP contribution < -0.4 is 0 Å². The van der Waals surface area contributed by atoms with Crippen LogP contribution in [0, 0.1) is 0 Å². The molecule has 0 aromatic heterocycles. The lowest BCUT2D eigenvalue weighted by molar-refractivity contribution is -0.136. The Hall–Kier alpha value is -1.12. The second kappa shape index (κ2) is 4.73. The molecule has 0 saturated heterocycles. The van der Waals surface area contributed by atoms with Crippen LogP contribution in [0.1, 0.15) is 19.8 Å². The van der Waals surface area contributed by atoms with Crippen LogP contribution in [0.3, 0.4) is 0 Å². The summed E-state index contributed by atoms with van der Waals surface area (Å²) in [5.74, 6) is -0.890. The Morgan fingerprint density at radius 3 is 2.50 bits per heavy atom. The summed E-state index contributed by atoms with van der Waals surface area (Å²) >= 11 is 0. The van der Waals surface area contributed by atoms with Crippen molar-refractivity contribution < 1.29 is 14.7 Å². The SMILES string of the molecule is CC(=O)/C=C/CCC(=O)O. The molecule has 0 rings (SSSR count). The molecular weight excluding hydrogens is 132 g/mol. The number of ketones is 1. The zero-order valence-corrected chi connectivity index (χ0v) is 5.83. The highest BCUT2D eigenvalue weighted by Gasteiger charge is 1.91. The molecule has 0 radical (unpaired) electrons. The zero-order valence-electron chi connectivity index (χ0n) is 5.83. The number of allylic oxidation sites excluding steroid dienone is 2. The predicted molar refractivity (Wildman–Crippen MR) is 36.7 cm³/mol. The van der Waals surface area contributed by atoms with Gasteiger partial charge in [-0.05, 0) is 19.4 Å². The third kappa shape index (κ3) is 6.88. The fraction of sp³-hybridized carbons (Fsp3) is 0.429. The largest absolute Gasteiger partial charge is 0.481 e. The van der Waals surface area contributed by atoms with Crippen molar-refractivity contribution in [2.24, 2.45) is 0 Å². The van der Waals surface area contributed by atoms with Gasteiger partial charge in [0.15, 0.2) is 5.78 Å². The highest BCUT2D eigenvalue weighted by atomic mass is 16.4. The summed E-state index contributed by atoms with van der Waals surface area (Å²) in [6.07, 6.45) is 3.46. The second-order valence-electron chi connectivity index (χ2n) is 1.95. The first-order valence-corrected chi connectivity index (χ1v) is 3.02. The average Bonchev–Trinajstić information content (AvgIpc) is 1.79. The van der Waals surface area contributed by atoms with Crippen molar-refractivity contribution in [3.63, 3.8) is 0 Å². The van der Waals surface area contributed by atoms with Gasteiger partial charge in [-0.25, -0.2) is 0 Å². The first-order valence-electron chi connectivity index (χ1n) is 3.02. The van der Waals surface area contributed by atoms with E-state index in [-0.39, 0.29) is 12.2 Å². The van der Waals surface area contributed by atoms with Gasteiger partial charge in [0.2, 0.25) is 0 Å². The summed E-state index contributed by atoms with van der Waals surface area (Å²) in [6, 6.07) is 0. The van der Waals surface area contributed by atoms with Crippen molar-refractivity contribution in [2.45, 2.75) is 19.8 Å². The summed E-state index contributed by atoms with van der Waals surface area (Å²) in [5.41, 5.74) is 0. The molecule has 3 heteroatoms. The molecule has 0 aliphatic heterocycles. The monoisotopic (exact) mass is 142 g/mol. The molecule has 0 saturated carbocycles. The van der Waals surface area contributed by atoms with Crippen LogP contribution in [0.5, 0.6) is 0 Å². The number of aliphatic carboxylic acids is 1. The van der Waals surface area contributed by atoms with E-state index >= 15 is 0 Å². The molecule has 10 heavy (non-hydrogen) atoms. The molecule has 56 valence electrons. The number of carbonyl (C=O) groups is 2. The van der Waals surface area contributed by atoms with E-state index in [0.29, 0.717) is 6.42 Å². The number of rotatable bonds is 4. The van der Waals surface area contributed by atoms with Gasteiger partial charge in [-0.1, -0.05) is 6.08 Å². The van der Waals surface area contributed by atoms with Crippen LogP contribution in [-0.2, 0) is 9.59 Å². The van der Waals surface area contributed by atoms with E-state index in [1.54, 1.807) is 6.08 Å². The van der Waals surface area contributed by atoms with Gasteiger partial charge >= 0.3 is 5.97 Å². The minimum absolute atomic E-state index is 0.0506. The quantitative estimate of drug-likeness (QED) is 0.595. The van der Waals surface area contributed by atoms with E-state index in [2.05, 4.69) is 0 Å². The zero-order chi connectivity index (χ0) is 7.98. The second-order valence-corrected chi connectivity index (χ2v) is 1.95. The Kier molecular flexibility index (Phi) is 4.20. The molecule has 0 aliphatic carbocycles. The molecule has 0 atom stereocenters. The minimum atomic E-state index is -0.840. The Morgan fingerprint density at radius 1 is 1.50 bits per heavy atom. The van der Waals surface area contributed by atoms with Crippen LogP contribution in [0.25, 0.3) is 0 Å². The van der Waals surface area contributed by atoms with Crippen molar-refractivity contribution in [1.82, 2.24) is 0 Å². The van der Waals surface area contributed by atoms with E-state index in [1.165, 1.54) is 13.0 Å². The lowest BCUT2D eigenvalue weighted by Crippen LogP contribution is -1.92. The normalized spacial score (nSPS) is 10.1. The number of hydrogen-bond donors (Lipinski definition) is 1. The van der Waals surface area contributed by atoms with Crippen molar-refractivity contribution in [3.05, 3.63) is 12.2 Å². The van der Waals surface area contributed by atoms with Gasteiger partial charge in [0.1, 0.15) is 0 Å². The fourth-order valence-electron chi connectivity index (χ4n) is 0.456. The molecule has 0 aromatic carbocycles. The van der Waals surface area contributed by atoms with E-state index in [4.69, 9.17) is 5.11 Å². The van der Waals surface area contributed by atoms with Crippen LogP contribution >= 0.6 is 0 Å². The van der Waals surface area contributed by atoms with Gasteiger partial charge in [0.05, 0.1) is 0 Å². The Bertz CT molecular complexity index is 158. The Morgan fingerprint density at radius 2 is 2.10 bits per heavy atom. The Balaban J connectivity index is 3.36. The molecule has 0 amide bonds. The lowest BCUT2D eigenvalue weighted by Gasteiger charge is -1.85. The summed E-state index contributed by atoms with van der Waals surface area (Å²) in [5, 5.41) is 8.16. The predicted octanol–water partition coefficient (Wildman–Crippen LogP) is 0.996. The first kappa shape index (κ1) is 8.88. The van der Waals surface area contributed by atoms with Crippen LogP contribution in [-0.4, -0.2) is 16.9 Å². The van der Waals surface area contributed by atoms with Gasteiger partial charge in [-0.3, -0.25) is 9.59 Å². The molecule has 3 nitrogen and oxygen atoms in total. The van der Waals surface area contributed by atoms with E-state index < -0.39 is 5.97 Å². The standard InChI is InChI=1S/C7H10O3/c1-6(8)4-2-3-5-7(9)10/h2,4H,3,5H2,1H3,(H,9,10)/b4-2+. The van der Waals surface area contributed by atoms with Gasteiger partial charge in [0.25, 0.3) is 0 Å². The summed E-state index contributed by atoms with van der Waals surface area (Å²) < 4.78 is 0. The molecule has 0 heterocycles. The minimum Gasteiger partial charge on any atom is -0.481 e. The molecular formula is C7H10O3. The third-order valence-corrected chi connectivity index (χ3v) is 0.877. The van der Waals surface area contributed by atoms with Crippen LogP contribution in [0.4, 0.5) is 0 Å². The number of carboxylic acid groups (broad SMARTS) is 1. The number of carboxylic acids is 1. The summed E-state index contributed by atoms with van der Waals surface area (Å²) in [6.45, 7) is 1.43. The summed E-state index contributed by atoms with van der Waals surface area (Å²) in [7, 11) is 0. The average molecular weight is 142 g/mol. The molecule has 0 aromatic rings. The van der Waals surface area contributed by atoms with Crippen molar-refractivity contribution >= 4 is 11.8 Å². The lowest BCUT2D eigenvalue weighted by atomic mass is 10.3. The molecule has 0 fully saturated rings. The van der Waals surface area contributed by atoms with E-state index in [1.807, 2.05) is 0 Å². The van der Waals surface area contributed by atoms with Gasteiger partial charge in [-0.2, -0.15) is 0 Å². The Labute approximate surface area is 59.4 Å². The molecule has 0 unspecified atom stereocenters. The van der Waals surface area contributed by atoms with Gasteiger partial charge < -0.3 is 5.11 Å². The maximum Gasteiger partial charge on any atom is 0.303 e. The van der Waals surface area contributed by atoms with Crippen molar-refractivity contribution in [1.29, 1.82) is 0 Å². The van der Waals surface area contributed by atoms with E-state index in [0.717, 1.165) is 0 Å². The topological polar surface area (TPSA) is 54.4 Å².